The first-order valence-electron chi connectivity index (χ1n) is 6.39. The van der Waals surface area contributed by atoms with Crippen LogP contribution in [0.3, 0.4) is 0 Å². The lowest BCUT2D eigenvalue weighted by Gasteiger charge is -2.22. The Hall–Kier alpha value is -1.33. The van der Waals surface area contributed by atoms with Crippen molar-refractivity contribution in [3.8, 4) is 11.3 Å². The molecule has 0 unspecified atom stereocenters. The van der Waals surface area contributed by atoms with Gasteiger partial charge in [-0.05, 0) is 31.8 Å². The summed E-state index contributed by atoms with van der Waals surface area (Å²) < 4.78 is 0. The van der Waals surface area contributed by atoms with E-state index in [1.54, 1.807) is 6.20 Å². The van der Waals surface area contributed by atoms with Gasteiger partial charge in [0.05, 0.1) is 11.9 Å². The highest BCUT2D eigenvalue weighted by Crippen LogP contribution is 2.32. The van der Waals surface area contributed by atoms with E-state index in [-0.39, 0.29) is 17.0 Å². The zero-order chi connectivity index (χ0) is 12.4. The average Bonchev–Trinajstić information content (AvgIpc) is 2.83. The Kier molecular flexibility index (Phi) is 4.61. The maximum atomic E-state index is 9.62. The lowest BCUT2D eigenvalue weighted by Crippen LogP contribution is -2.26. The van der Waals surface area contributed by atoms with E-state index in [2.05, 4.69) is 10.4 Å². The highest BCUT2D eigenvalue weighted by atomic mass is 79.9. The van der Waals surface area contributed by atoms with Crippen molar-refractivity contribution in [2.24, 2.45) is 0 Å². The molecule has 1 fully saturated rings. The quantitative estimate of drug-likeness (QED) is 0.835. The summed E-state index contributed by atoms with van der Waals surface area (Å²) in [6.45, 7) is 2.07. The number of nitrogens with zero attached hydrogens (tertiary/aromatic N) is 2. The van der Waals surface area contributed by atoms with Crippen LogP contribution in [0.1, 0.15) is 24.3 Å². The van der Waals surface area contributed by atoms with Crippen molar-refractivity contribution < 1.29 is 5.21 Å². The fourth-order valence-corrected chi connectivity index (χ4v) is 2.63. The summed E-state index contributed by atoms with van der Waals surface area (Å²) in [5, 5.41) is 17.2. The van der Waals surface area contributed by atoms with Crippen LogP contribution in [0.15, 0.2) is 36.5 Å². The predicted molar refractivity (Wildman–Crippen MR) is 80.0 cm³/mol. The summed E-state index contributed by atoms with van der Waals surface area (Å²) in [5.41, 5.74) is 3.13. The fraction of sp³-hybridized carbons (Fsp3) is 0.357. The van der Waals surface area contributed by atoms with Gasteiger partial charge in [0.15, 0.2) is 0 Å². The molecule has 1 aliphatic rings. The molecule has 1 aromatic carbocycles. The smallest absolute Gasteiger partial charge is 0.0993 e. The zero-order valence-corrected chi connectivity index (χ0v) is 12.3. The molecule has 1 aliphatic heterocycles. The van der Waals surface area contributed by atoms with E-state index in [1.165, 1.54) is 0 Å². The van der Waals surface area contributed by atoms with Gasteiger partial charge in [-0.3, -0.25) is 0 Å². The Bertz CT molecular complexity index is 521. The molecule has 3 rings (SSSR count). The number of piperidine rings is 1. The van der Waals surface area contributed by atoms with Crippen molar-refractivity contribution in [1.82, 2.24) is 15.3 Å². The van der Waals surface area contributed by atoms with Crippen LogP contribution in [-0.2, 0) is 0 Å². The van der Waals surface area contributed by atoms with Crippen LogP contribution >= 0.6 is 17.0 Å². The van der Waals surface area contributed by atoms with Crippen molar-refractivity contribution in [1.29, 1.82) is 0 Å². The summed E-state index contributed by atoms with van der Waals surface area (Å²) in [4.78, 5) is 0.944. The van der Waals surface area contributed by atoms with Crippen LogP contribution in [-0.4, -0.2) is 28.2 Å². The molecule has 0 aliphatic carbocycles. The summed E-state index contributed by atoms with van der Waals surface area (Å²) >= 11 is 0. The second kappa shape index (κ2) is 6.21. The molecule has 0 radical (unpaired) electrons. The first-order chi connectivity index (χ1) is 8.84. The van der Waals surface area contributed by atoms with Gasteiger partial charge in [-0.2, -0.15) is 0 Å². The minimum Gasteiger partial charge on any atom is -0.412 e. The molecule has 0 bridgehead atoms. The van der Waals surface area contributed by atoms with Crippen molar-refractivity contribution in [2.45, 2.75) is 18.8 Å². The molecule has 0 amide bonds. The van der Waals surface area contributed by atoms with Gasteiger partial charge in [0.25, 0.3) is 0 Å². The average molecular weight is 324 g/mol. The number of hydrogen-bond acceptors (Lipinski definition) is 3. The Morgan fingerprint density at radius 1 is 1.16 bits per heavy atom. The molecule has 2 aromatic rings. The molecule has 1 aromatic heterocycles. The zero-order valence-electron chi connectivity index (χ0n) is 10.6. The van der Waals surface area contributed by atoms with Crippen molar-refractivity contribution in [3.63, 3.8) is 0 Å². The van der Waals surface area contributed by atoms with E-state index >= 15 is 0 Å². The van der Waals surface area contributed by atoms with E-state index in [4.69, 9.17) is 0 Å². The summed E-state index contributed by atoms with van der Waals surface area (Å²) in [7, 11) is 0. The predicted octanol–water partition coefficient (Wildman–Crippen LogP) is 2.83. The molecule has 2 N–H and O–H groups in total. The number of hydrogen-bond donors (Lipinski definition) is 2. The van der Waals surface area contributed by atoms with Crippen molar-refractivity contribution in [2.75, 3.05) is 13.1 Å². The van der Waals surface area contributed by atoms with Crippen molar-refractivity contribution >= 4 is 17.0 Å². The van der Waals surface area contributed by atoms with Gasteiger partial charge >= 0.3 is 0 Å². The van der Waals surface area contributed by atoms with E-state index in [1.807, 2.05) is 30.3 Å². The molecule has 2 heterocycles. The maximum Gasteiger partial charge on any atom is 0.0993 e. The highest BCUT2D eigenvalue weighted by molar-refractivity contribution is 8.93. The number of benzene rings is 1. The summed E-state index contributed by atoms with van der Waals surface area (Å²) in [6.07, 6.45) is 3.95. The van der Waals surface area contributed by atoms with Crippen LogP contribution in [0.2, 0.25) is 0 Å². The van der Waals surface area contributed by atoms with Gasteiger partial charge < -0.3 is 10.5 Å². The van der Waals surface area contributed by atoms with E-state index in [0.717, 1.165) is 47.6 Å². The van der Waals surface area contributed by atoms with Crippen LogP contribution in [0.5, 0.6) is 0 Å². The number of nitrogens with one attached hydrogen (secondary N) is 1. The molecule has 0 saturated carbocycles. The molecule has 102 valence electrons. The molecule has 5 heteroatoms. The highest BCUT2D eigenvalue weighted by Gasteiger charge is 2.22. The third-order valence-corrected chi connectivity index (χ3v) is 3.56. The molecule has 0 spiro atoms. The first-order valence-corrected chi connectivity index (χ1v) is 6.39. The number of halogens is 1. The van der Waals surface area contributed by atoms with Crippen molar-refractivity contribution in [3.05, 3.63) is 42.1 Å². The summed E-state index contributed by atoms with van der Waals surface area (Å²) in [5.74, 6) is 0.488. The normalized spacial score (nSPS) is 16.0. The van der Waals surface area contributed by atoms with Gasteiger partial charge in [-0.1, -0.05) is 30.3 Å². The van der Waals surface area contributed by atoms with E-state index in [9.17, 15) is 5.21 Å². The van der Waals surface area contributed by atoms with Gasteiger partial charge in [0, 0.05) is 11.1 Å². The molecule has 0 atom stereocenters. The van der Waals surface area contributed by atoms with Gasteiger partial charge in [0.2, 0.25) is 0 Å². The second-order valence-electron chi connectivity index (χ2n) is 4.74. The first kappa shape index (κ1) is 14.1. The lowest BCUT2D eigenvalue weighted by molar-refractivity contribution is 0.149. The largest absolute Gasteiger partial charge is 0.412 e. The molecule has 19 heavy (non-hydrogen) atoms. The molecular weight excluding hydrogens is 306 g/mol. The lowest BCUT2D eigenvalue weighted by atomic mass is 9.89. The minimum absolute atomic E-state index is 0. The Balaban J connectivity index is 0.00000133. The van der Waals surface area contributed by atoms with E-state index in [0.29, 0.717) is 5.92 Å². The summed E-state index contributed by atoms with van der Waals surface area (Å²) in [6, 6.07) is 10.1. The maximum absolute atomic E-state index is 9.62. The molecular formula is C14H18BrN3O. The van der Waals surface area contributed by atoms with Crippen LogP contribution in [0, 0.1) is 0 Å². The van der Waals surface area contributed by atoms with Gasteiger partial charge in [-0.25, -0.2) is 0 Å². The van der Waals surface area contributed by atoms with Gasteiger partial charge in [0.1, 0.15) is 0 Å². The Morgan fingerprint density at radius 2 is 1.84 bits per heavy atom. The SMILES string of the molecule is Br.On1cc(C2CCNCC2)c(-c2ccccc2)n1. The Morgan fingerprint density at radius 3 is 2.53 bits per heavy atom. The van der Waals surface area contributed by atoms with Crippen LogP contribution in [0.4, 0.5) is 0 Å². The van der Waals surface area contributed by atoms with Crippen LogP contribution in [0.25, 0.3) is 11.3 Å². The Labute approximate surface area is 123 Å². The number of rotatable bonds is 2. The standard InChI is InChI=1S/C14H17N3O.BrH/c18-17-10-13(11-6-8-15-9-7-11)14(16-17)12-4-2-1-3-5-12;/h1-5,10-11,15,18H,6-9H2;1H. The molecule has 1 saturated heterocycles. The van der Waals surface area contributed by atoms with Gasteiger partial charge in [-0.15, -0.1) is 26.9 Å². The second-order valence-corrected chi connectivity index (χ2v) is 4.74. The van der Waals surface area contributed by atoms with Crippen LogP contribution < -0.4 is 5.32 Å². The fourth-order valence-electron chi connectivity index (χ4n) is 2.63. The monoisotopic (exact) mass is 323 g/mol. The van der Waals surface area contributed by atoms with E-state index < -0.39 is 0 Å². The minimum atomic E-state index is 0. The molecule has 4 nitrogen and oxygen atoms in total. The topological polar surface area (TPSA) is 50.1 Å². The number of aromatic nitrogens is 2. The third-order valence-electron chi connectivity index (χ3n) is 3.56. The third kappa shape index (κ3) is 2.98.